The third-order valence-electron chi connectivity index (χ3n) is 2.62. The Labute approximate surface area is 121 Å². The van der Waals surface area contributed by atoms with E-state index in [1.807, 2.05) is 6.07 Å². The summed E-state index contributed by atoms with van der Waals surface area (Å²) in [4.78, 5) is 27.1. The molecular formula is C15H13N3O3. The number of hydrogen-bond donors (Lipinski definition) is 1. The fourth-order valence-corrected chi connectivity index (χ4v) is 1.55. The van der Waals surface area contributed by atoms with Gasteiger partial charge in [0.2, 0.25) is 0 Å². The van der Waals surface area contributed by atoms with Crippen molar-refractivity contribution in [3.05, 3.63) is 65.5 Å². The predicted molar refractivity (Wildman–Crippen MR) is 77.1 cm³/mol. The molecule has 0 saturated heterocycles. The number of rotatable bonds is 4. The first kappa shape index (κ1) is 14.4. The van der Waals surface area contributed by atoms with Gasteiger partial charge in [-0.3, -0.25) is 9.78 Å². The highest BCUT2D eigenvalue weighted by atomic mass is 16.5. The minimum Gasteiger partial charge on any atom is -0.465 e. The molecule has 0 saturated carbocycles. The van der Waals surface area contributed by atoms with Crippen LogP contribution in [0.15, 0.2) is 53.8 Å². The normalized spacial score (nSPS) is 10.3. The van der Waals surface area contributed by atoms with Gasteiger partial charge >= 0.3 is 5.97 Å². The van der Waals surface area contributed by atoms with Crippen LogP contribution in [-0.2, 0) is 4.74 Å². The molecule has 0 aliphatic carbocycles. The van der Waals surface area contributed by atoms with Gasteiger partial charge in [-0.15, -0.1) is 0 Å². The molecule has 0 unspecified atom stereocenters. The third kappa shape index (κ3) is 3.97. The number of benzene rings is 1. The van der Waals surface area contributed by atoms with E-state index in [2.05, 4.69) is 20.2 Å². The zero-order valence-electron chi connectivity index (χ0n) is 11.3. The fraction of sp³-hybridized carbons (Fsp3) is 0.0667. The number of carbonyl (C=O) groups excluding carboxylic acids is 2. The van der Waals surface area contributed by atoms with Crippen LogP contribution in [0.2, 0.25) is 0 Å². The van der Waals surface area contributed by atoms with E-state index in [-0.39, 0.29) is 5.91 Å². The van der Waals surface area contributed by atoms with Crippen LogP contribution in [0.3, 0.4) is 0 Å². The Kier molecular flexibility index (Phi) is 4.76. The van der Waals surface area contributed by atoms with Gasteiger partial charge in [-0.1, -0.05) is 6.07 Å². The summed E-state index contributed by atoms with van der Waals surface area (Å²) in [6.07, 6.45) is 3.08. The Morgan fingerprint density at radius 3 is 2.48 bits per heavy atom. The van der Waals surface area contributed by atoms with Gasteiger partial charge in [0.25, 0.3) is 5.91 Å². The number of hydrogen-bond acceptors (Lipinski definition) is 5. The first-order valence-corrected chi connectivity index (χ1v) is 6.13. The molecule has 1 aromatic carbocycles. The van der Waals surface area contributed by atoms with Crippen molar-refractivity contribution in [2.24, 2.45) is 5.10 Å². The zero-order chi connectivity index (χ0) is 15.1. The number of amides is 1. The van der Waals surface area contributed by atoms with Crippen LogP contribution in [0.1, 0.15) is 26.4 Å². The summed E-state index contributed by atoms with van der Waals surface area (Å²) in [5.41, 5.74) is 3.79. The number of nitrogens with zero attached hydrogens (tertiary/aromatic N) is 2. The van der Waals surface area contributed by atoms with Crippen LogP contribution in [0.5, 0.6) is 0 Å². The number of ether oxygens (including phenoxy) is 1. The Morgan fingerprint density at radius 2 is 1.86 bits per heavy atom. The summed E-state index contributed by atoms with van der Waals surface area (Å²) in [7, 11) is 1.30. The molecule has 1 aromatic heterocycles. The van der Waals surface area contributed by atoms with Crippen molar-refractivity contribution in [3.8, 4) is 0 Å². The lowest BCUT2D eigenvalue weighted by Crippen LogP contribution is -2.17. The van der Waals surface area contributed by atoms with Crippen molar-refractivity contribution in [1.29, 1.82) is 0 Å². The largest absolute Gasteiger partial charge is 0.465 e. The number of pyridine rings is 1. The molecule has 2 aromatic rings. The minimum atomic E-state index is -0.449. The van der Waals surface area contributed by atoms with E-state index in [4.69, 9.17) is 0 Å². The molecule has 0 bridgehead atoms. The zero-order valence-corrected chi connectivity index (χ0v) is 11.3. The van der Waals surface area contributed by atoms with Crippen molar-refractivity contribution in [2.45, 2.75) is 0 Å². The maximum absolute atomic E-state index is 11.8. The van der Waals surface area contributed by atoms with Gasteiger partial charge < -0.3 is 4.74 Å². The summed E-state index contributed by atoms with van der Waals surface area (Å²) in [5.74, 6) is -0.825. The second kappa shape index (κ2) is 6.95. The number of carbonyl (C=O) groups is 2. The Morgan fingerprint density at radius 1 is 1.14 bits per heavy atom. The van der Waals surface area contributed by atoms with Crippen molar-refractivity contribution in [2.75, 3.05) is 7.11 Å². The van der Waals surface area contributed by atoms with Gasteiger partial charge in [-0.25, -0.2) is 10.2 Å². The van der Waals surface area contributed by atoms with E-state index in [9.17, 15) is 9.59 Å². The van der Waals surface area contributed by atoms with Crippen LogP contribution in [-0.4, -0.2) is 30.2 Å². The van der Waals surface area contributed by atoms with Crippen molar-refractivity contribution < 1.29 is 14.3 Å². The second-order valence-corrected chi connectivity index (χ2v) is 4.02. The molecule has 2 rings (SSSR count). The van der Waals surface area contributed by atoms with E-state index in [1.165, 1.54) is 37.6 Å². The van der Waals surface area contributed by atoms with Crippen LogP contribution in [0.25, 0.3) is 0 Å². The number of esters is 1. The maximum Gasteiger partial charge on any atom is 0.337 e. The summed E-state index contributed by atoms with van der Waals surface area (Å²) >= 11 is 0. The standard InChI is InChI=1S/C15H13N3O3/c1-21-15(20)12-7-5-11(6-8-12)14(19)18-17-10-13-4-2-3-9-16-13/h2-10H,1H3,(H,18,19)/b17-10+. The number of aromatic nitrogens is 1. The van der Waals surface area contributed by atoms with Crippen LogP contribution < -0.4 is 5.43 Å². The molecule has 0 atom stereocenters. The lowest BCUT2D eigenvalue weighted by atomic mass is 10.1. The number of hydrazone groups is 1. The Bertz CT molecular complexity index is 652. The summed E-state index contributed by atoms with van der Waals surface area (Å²) < 4.78 is 4.58. The fourth-order valence-electron chi connectivity index (χ4n) is 1.55. The SMILES string of the molecule is COC(=O)c1ccc(C(=O)N/N=C/c2ccccn2)cc1. The van der Waals surface area contributed by atoms with E-state index in [0.29, 0.717) is 16.8 Å². The van der Waals surface area contributed by atoms with Crippen LogP contribution in [0, 0.1) is 0 Å². The Hall–Kier alpha value is -3.02. The average molecular weight is 283 g/mol. The van der Waals surface area contributed by atoms with Crippen molar-refractivity contribution in [3.63, 3.8) is 0 Å². The monoisotopic (exact) mass is 283 g/mol. The quantitative estimate of drug-likeness (QED) is 0.525. The summed E-state index contributed by atoms with van der Waals surface area (Å²) in [6.45, 7) is 0. The van der Waals surface area contributed by atoms with Crippen molar-refractivity contribution >= 4 is 18.1 Å². The molecule has 21 heavy (non-hydrogen) atoms. The summed E-state index contributed by atoms with van der Waals surface area (Å²) in [5, 5.41) is 3.81. The van der Waals surface area contributed by atoms with Gasteiger partial charge in [-0.05, 0) is 36.4 Å². The maximum atomic E-state index is 11.8. The number of nitrogens with one attached hydrogen (secondary N) is 1. The molecule has 0 spiro atoms. The molecule has 106 valence electrons. The molecule has 0 aliphatic heterocycles. The summed E-state index contributed by atoms with van der Waals surface area (Å²) in [6, 6.07) is 11.5. The van der Waals surface area contributed by atoms with Gasteiger partial charge in [0, 0.05) is 11.8 Å². The first-order chi connectivity index (χ1) is 10.2. The molecule has 0 fully saturated rings. The van der Waals surface area contributed by atoms with E-state index in [0.717, 1.165) is 0 Å². The van der Waals surface area contributed by atoms with Gasteiger partial charge in [-0.2, -0.15) is 5.10 Å². The third-order valence-corrected chi connectivity index (χ3v) is 2.62. The molecule has 1 heterocycles. The van der Waals surface area contributed by atoms with Crippen molar-refractivity contribution in [1.82, 2.24) is 10.4 Å². The number of methoxy groups -OCH3 is 1. The van der Waals surface area contributed by atoms with Crippen LogP contribution in [0.4, 0.5) is 0 Å². The molecule has 6 heteroatoms. The molecule has 6 nitrogen and oxygen atoms in total. The van der Waals surface area contributed by atoms with Gasteiger partial charge in [0.15, 0.2) is 0 Å². The smallest absolute Gasteiger partial charge is 0.337 e. The average Bonchev–Trinajstić information content (AvgIpc) is 2.55. The van der Waals surface area contributed by atoms with Crippen LogP contribution >= 0.6 is 0 Å². The predicted octanol–water partition coefficient (Wildman–Crippen LogP) is 1.63. The highest BCUT2D eigenvalue weighted by Crippen LogP contribution is 2.05. The topological polar surface area (TPSA) is 80.7 Å². The van der Waals surface area contributed by atoms with E-state index >= 15 is 0 Å². The lowest BCUT2D eigenvalue weighted by Gasteiger charge is -2.02. The molecule has 0 aliphatic rings. The minimum absolute atomic E-state index is 0.376. The molecule has 1 amide bonds. The second-order valence-electron chi connectivity index (χ2n) is 4.02. The van der Waals surface area contributed by atoms with E-state index in [1.54, 1.807) is 18.3 Å². The highest BCUT2D eigenvalue weighted by Gasteiger charge is 2.08. The Balaban J connectivity index is 1.97. The lowest BCUT2D eigenvalue weighted by molar-refractivity contribution is 0.0600. The molecular weight excluding hydrogens is 270 g/mol. The highest BCUT2D eigenvalue weighted by molar-refractivity contribution is 5.96. The van der Waals surface area contributed by atoms with Gasteiger partial charge in [0.1, 0.15) is 0 Å². The first-order valence-electron chi connectivity index (χ1n) is 6.13. The van der Waals surface area contributed by atoms with Gasteiger partial charge in [0.05, 0.1) is 24.6 Å². The molecule has 0 radical (unpaired) electrons. The van der Waals surface area contributed by atoms with E-state index < -0.39 is 5.97 Å². The molecule has 1 N–H and O–H groups in total.